The summed E-state index contributed by atoms with van der Waals surface area (Å²) >= 11 is 1.92. The van der Waals surface area contributed by atoms with Gasteiger partial charge in [0.25, 0.3) is 0 Å². The molecule has 140 valence electrons. The molecule has 0 saturated carbocycles. The Morgan fingerprint density at radius 2 is 2.24 bits per heavy atom. The van der Waals surface area contributed by atoms with E-state index in [-0.39, 0.29) is 12.0 Å². The summed E-state index contributed by atoms with van der Waals surface area (Å²) in [6.07, 6.45) is 5.13. The van der Waals surface area contributed by atoms with Crippen molar-refractivity contribution in [3.8, 4) is 0 Å². The molecule has 8 heteroatoms. The molecule has 0 fully saturated rings. The number of aromatic nitrogens is 3. The number of aromatic amines is 1. The number of thioether (sulfide) groups is 1. The number of rotatable bonds is 12. The van der Waals surface area contributed by atoms with E-state index in [1.807, 2.05) is 24.9 Å². The first kappa shape index (κ1) is 20.0. The van der Waals surface area contributed by atoms with Crippen molar-refractivity contribution in [2.24, 2.45) is 5.92 Å². The SMILES string of the molecule is COCCCSCC[C@@H](CNCc1c[nH]c2c(N)ncnc12)[C@@H](C)O. The van der Waals surface area contributed by atoms with E-state index >= 15 is 0 Å². The summed E-state index contributed by atoms with van der Waals surface area (Å²) in [5, 5.41) is 13.4. The molecule has 2 aromatic heterocycles. The Morgan fingerprint density at radius 3 is 3.00 bits per heavy atom. The van der Waals surface area contributed by atoms with E-state index < -0.39 is 0 Å². The van der Waals surface area contributed by atoms with Crippen LogP contribution >= 0.6 is 11.8 Å². The smallest absolute Gasteiger partial charge is 0.151 e. The number of nitrogens with two attached hydrogens (primary N) is 1. The van der Waals surface area contributed by atoms with Gasteiger partial charge in [0, 0.05) is 38.6 Å². The van der Waals surface area contributed by atoms with Gasteiger partial charge in [-0.2, -0.15) is 11.8 Å². The lowest BCUT2D eigenvalue weighted by Crippen LogP contribution is -2.30. The number of ether oxygens (including phenoxy) is 1. The lowest BCUT2D eigenvalue weighted by Gasteiger charge is -2.20. The number of aliphatic hydroxyl groups is 1. The maximum atomic E-state index is 10.0. The first-order valence-electron chi connectivity index (χ1n) is 8.65. The largest absolute Gasteiger partial charge is 0.393 e. The number of aliphatic hydroxyl groups excluding tert-OH is 1. The van der Waals surface area contributed by atoms with Gasteiger partial charge in [-0.05, 0) is 37.2 Å². The van der Waals surface area contributed by atoms with Gasteiger partial charge in [0.15, 0.2) is 5.82 Å². The molecule has 0 amide bonds. The Labute approximate surface area is 153 Å². The Bertz CT molecular complexity index is 635. The second-order valence-corrected chi connectivity index (χ2v) is 7.40. The van der Waals surface area contributed by atoms with Gasteiger partial charge in [0.1, 0.15) is 11.8 Å². The summed E-state index contributed by atoms with van der Waals surface area (Å²) in [7, 11) is 1.73. The first-order valence-corrected chi connectivity index (χ1v) is 9.80. The summed E-state index contributed by atoms with van der Waals surface area (Å²) in [5.41, 5.74) is 8.52. The number of H-pyrrole nitrogens is 1. The monoisotopic (exact) mass is 367 g/mol. The molecular formula is C17H29N5O2S. The molecule has 2 rings (SSSR count). The number of anilines is 1. The van der Waals surface area contributed by atoms with E-state index in [0.29, 0.717) is 12.4 Å². The van der Waals surface area contributed by atoms with E-state index in [9.17, 15) is 5.11 Å². The maximum Gasteiger partial charge on any atom is 0.151 e. The number of hydrogen-bond donors (Lipinski definition) is 4. The maximum absolute atomic E-state index is 10.0. The Balaban J connectivity index is 1.76. The van der Waals surface area contributed by atoms with Gasteiger partial charge < -0.3 is 25.9 Å². The molecule has 0 aliphatic carbocycles. The summed E-state index contributed by atoms with van der Waals surface area (Å²) in [6.45, 7) is 4.12. The predicted molar refractivity (Wildman–Crippen MR) is 104 cm³/mol. The molecule has 7 nitrogen and oxygen atoms in total. The van der Waals surface area contributed by atoms with Gasteiger partial charge in [-0.3, -0.25) is 0 Å². The zero-order valence-electron chi connectivity index (χ0n) is 15.0. The second kappa shape index (κ2) is 10.6. The fourth-order valence-corrected chi connectivity index (χ4v) is 3.69. The highest BCUT2D eigenvalue weighted by molar-refractivity contribution is 7.99. The van der Waals surface area contributed by atoms with Gasteiger partial charge in [0.05, 0.1) is 11.6 Å². The number of nitrogen functional groups attached to an aromatic ring is 1. The molecule has 0 aliphatic heterocycles. The number of hydrogen-bond acceptors (Lipinski definition) is 7. The standard InChI is InChI=1S/C17H29N5O2S/c1-12(23)13(4-7-25-6-3-5-24-2)8-19-9-14-10-20-16-15(14)21-11-22-17(16)18/h10-13,19-20,23H,3-9H2,1-2H3,(H2,18,21,22)/t12-,13+/m1/s1. The zero-order chi connectivity index (χ0) is 18.1. The van der Waals surface area contributed by atoms with Gasteiger partial charge in [0.2, 0.25) is 0 Å². The molecular weight excluding hydrogens is 338 g/mol. The fourth-order valence-electron chi connectivity index (χ4n) is 2.70. The number of methoxy groups -OCH3 is 1. The molecule has 25 heavy (non-hydrogen) atoms. The predicted octanol–water partition coefficient (Wildman–Crippen LogP) is 1.79. The average molecular weight is 368 g/mol. The molecule has 0 radical (unpaired) electrons. The number of nitrogens with one attached hydrogen (secondary N) is 2. The second-order valence-electron chi connectivity index (χ2n) is 6.18. The van der Waals surface area contributed by atoms with Crippen molar-refractivity contribution in [1.82, 2.24) is 20.3 Å². The van der Waals surface area contributed by atoms with Crippen molar-refractivity contribution < 1.29 is 9.84 Å². The minimum atomic E-state index is -0.326. The van der Waals surface area contributed by atoms with Gasteiger partial charge >= 0.3 is 0 Å². The van der Waals surface area contributed by atoms with Crippen LogP contribution in [0.1, 0.15) is 25.3 Å². The van der Waals surface area contributed by atoms with Crippen molar-refractivity contribution in [3.05, 3.63) is 18.1 Å². The van der Waals surface area contributed by atoms with E-state index in [0.717, 1.165) is 54.1 Å². The van der Waals surface area contributed by atoms with Crippen LogP contribution in [0.25, 0.3) is 11.0 Å². The molecule has 0 aromatic carbocycles. The highest BCUT2D eigenvalue weighted by Gasteiger charge is 2.15. The Hall–Kier alpha value is -1.35. The van der Waals surface area contributed by atoms with Crippen LogP contribution in [0.2, 0.25) is 0 Å². The van der Waals surface area contributed by atoms with Gasteiger partial charge in [-0.25, -0.2) is 9.97 Å². The lowest BCUT2D eigenvalue weighted by atomic mass is 10.0. The van der Waals surface area contributed by atoms with Crippen molar-refractivity contribution in [2.45, 2.75) is 32.4 Å². The summed E-state index contributed by atoms with van der Waals surface area (Å²) in [5.74, 6) is 2.85. The third kappa shape index (κ3) is 6.14. The number of nitrogens with zero attached hydrogens (tertiary/aromatic N) is 2. The van der Waals surface area contributed by atoms with Crippen molar-refractivity contribution in [2.75, 3.05) is 37.5 Å². The Morgan fingerprint density at radius 1 is 1.40 bits per heavy atom. The van der Waals surface area contributed by atoms with Crippen LogP contribution in [0.15, 0.2) is 12.5 Å². The Kier molecular flexibility index (Phi) is 8.47. The quantitative estimate of drug-likeness (QED) is 0.423. The molecule has 0 bridgehead atoms. The summed E-state index contributed by atoms with van der Waals surface area (Å²) in [6, 6.07) is 0. The van der Waals surface area contributed by atoms with Crippen LogP contribution in [0.4, 0.5) is 5.82 Å². The highest BCUT2D eigenvalue weighted by Crippen LogP contribution is 2.19. The average Bonchev–Trinajstić information content (AvgIpc) is 3.00. The molecule has 0 spiro atoms. The molecule has 0 saturated heterocycles. The molecule has 0 aliphatic rings. The molecule has 5 N–H and O–H groups in total. The van der Waals surface area contributed by atoms with Crippen molar-refractivity contribution in [1.29, 1.82) is 0 Å². The topological polar surface area (TPSA) is 109 Å². The third-order valence-electron chi connectivity index (χ3n) is 4.25. The minimum absolute atomic E-state index is 0.236. The highest BCUT2D eigenvalue weighted by atomic mass is 32.2. The van der Waals surface area contributed by atoms with E-state index in [1.54, 1.807) is 7.11 Å². The normalized spacial score (nSPS) is 14.0. The first-order chi connectivity index (χ1) is 12.1. The zero-order valence-corrected chi connectivity index (χ0v) is 15.8. The van der Waals surface area contributed by atoms with Crippen LogP contribution in [-0.2, 0) is 11.3 Å². The molecule has 2 atom stereocenters. The van der Waals surface area contributed by atoms with Crippen molar-refractivity contribution >= 4 is 28.6 Å². The van der Waals surface area contributed by atoms with Crippen LogP contribution in [-0.4, -0.2) is 57.9 Å². The van der Waals surface area contributed by atoms with E-state index in [2.05, 4.69) is 20.3 Å². The summed E-state index contributed by atoms with van der Waals surface area (Å²) < 4.78 is 5.05. The molecule has 2 heterocycles. The van der Waals surface area contributed by atoms with Crippen LogP contribution in [0, 0.1) is 5.92 Å². The van der Waals surface area contributed by atoms with Crippen LogP contribution in [0.5, 0.6) is 0 Å². The van der Waals surface area contributed by atoms with Crippen LogP contribution in [0.3, 0.4) is 0 Å². The van der Waals surface area contributed by atoms with Crippen molar-refractivity contribution in [3.63, 3.8) is 0 Å². The van der Waals surface area contributed by atoms with Crippen LogP contribution < -0.4 is 11.1 Å². The molecule has 0 unspecified atom stereocenters. The minimum Gasteiger partial charge on any atom is -0.393 e. The number of fused-ring (bicyclic) bond motifs is 1. The molecule has 2 aromatic rings. The fraction of sp³-hybridized carbons (Fsp3) is 0.647. The van der Waals surface area contributed by atoms with Gasteiger partial charge in [-0.15, -0.1) is 0 Å². The van der Waals surface area contributed by atoms with E-state index in [4.69, 9.17) is 10.5 Å². The summed E-state index contributed by atoms with van der Waals surface area (Å²) in [4.78, 5) is 11.4. The van der Waals surface area contributed by atoms with E-state index in [1.165, 1.54) is 6.33 Å². The van der Waals surface area contributed by atoms with Gasteiger partial charge in [-0.1, -0.05) is 0 Å². The third-order valence-corrected chi connectivity index (χ3v) is 5.35. The lowest BCUT2D eigenvalue weighted by molar-refractivity contribution is 0.122.